The summed E-state index contributed by atoms with van der Waals surface area (Å²) in [6.45, 7) is 21.4. The van der Waals surface area contributed by atoms with Gasteiger partial charge in [0.15, 0.2) is 0 Å². The first-order chi connectivity index (χ1) is 18.1. The Kier molecular flexibility index (Phi) is 13.1. The van der Waals surface area contributed by atoms with Crippen LogP contribution in [-0.4, -0.2) is 131 Å². The molecule has 2 fully saturated rings. The summed E-state index contributed by atoms with van der Waals surface area (Å²) in [5, 5.41) is 0. The molecule has 0 aromatic carbocycles. The Morgan fingerprint density at radius 2 is 0.718 bits per heavy atom. The number of carbonyl (C=O) groups excluding carboxylic acids is 2. The lowest BCUT2D eigenvalue weighted by Crippen LogP contribution is -2.47. The van der Waals surface area contributed by atoms with Gasteiger partial charge in [0.25, 0.3) is 0 Å². The van der Waals surface area contributed by atoms with E-state index in [1.807, 2.05) is 73.0 Å². The first kappa shape index (κ1) is 34.8. The number of carbonyl (C=O) groups is 2. The number of ether oxygens (including phenoxy) is 5. The molecular weight excluding hydrogens is 640 g/mol. The van der Waals surface area contributed by atoms with E-state index in [0.717, 1.165) is 0 Å². The summed E-state index contributed by atoms with van der Waals surface area (Å²) >= 11 is 7.09. The predicted molar refractivity (Wildman–Crippen MR) is 155 cm³/mol. The maximum Gasteiger partial charge on any atom is 0.245 e. The van der Waals surface area contributed by atoms with Crippen LogP contribution in [0.25, 0.3) is 0 Å². The molecule has 0 saturated carbocycles. The maximum absolute atomic E-state index is 12.7. The molecule has 0 spiro atoms. The molecule has 11 nitrogen and oxygen atoms in total. The highest BCUT2D eigenvalue weighted by Crippen LogP contribution is 2.41. The van der Waals surface area contributed by atoms with E-state index in [4.69, 9.17) is 23.7 Å². The third-order valence-corrected chi connectivity index (χ3v) is 10.7. The first-order valence-corrected chi connectivity index (χ1v) is 15.0. The fourth-order valence-corrected chi connectivity index (χ4v) is 5.64. The highest BCUT2D eigenvalue weighted by molar-refractivity contribution is 9.07. The van der Waals surface area contributed by atoms with Crippen molar-refractivity contribution in [3.8, 4) is 0 Å². The molecule has 0 unspecified atom stereocenters. The molecule has 0 aliphatic carbocycles. The van der Waals surface area contributed by atoms with E-state index < -0.39 is 22.4 Å². The van der Waals surface area contributed by atoms with Gasteiger partial charge in [0.2, 0.25) is 11.8 Å². The van der Waals surface area contributed by atoms with Gasteiger partial charge < -0.3 is 33.5 Å². The second kappa shape index (κ2) is 14.7. The summed E-state index contributed by atoms with van der Waals surface area (Å²) in [6, 6.07) is 0. The predicted octanol–water partition coefficient (Wildman–Crippen LogP) is 3.01. The summed E-state index contributed by atoms with van der Waals surface area (Å²) < 4.78 is 31.7. The van der Waals surface area contributed by atoms with Gasteiger partial charge in [-0.3, -0.25) is 9.59 Å². The highest BCUT2D eigenvalue weighted by atomic mass is 79.9. The molecule has 2 aliphatic heterocycles. The van der Waals surface area contributed by atoms with E-state index in [2.05, 4.69) is 32.3 Å². The lowest BCUT2D eigenvalue weighted by Gasteiger charge is -2.35. The second-order valence-electron chi connectivity index (χ2n) is 11.6. The molecule has 228 valence electrons. The van der Waals surface area contributed by atoms with Crippen molar-refractivity contribution in [3.63, 3.8) is 0 Å². The summed E-state index contributed by atoms with van der Waals surface area (Å²) in [5.74, 6) is 0.154. The first-order valence-electron chi connectivity index (χ1n) is 13.6. The standard InChI is InChI=1S/C26H48Br2N4O7/c1-23(2)21(33)29(25(5,6)31(23)27)9-11-35-13-15-37-17-19-39-20-18-38-16-14-36-12-10-30-22(34)24(3,4)32(28)26(30,7)8/h9-20H2,1-8H3. The quantitative estimate of drug-likeness (QED) is 0.159. The molecule has 0 atom stereocenters. The molecule has 13 heteroatoms. The van der Waals surface area contributed by atoms with Gasteiger partial charge in [-0.1, -0.05) is 0 Å². The number of amides is 2. The molecule has 2 aliphatic rings. The normalized spacial score (nSPS) is 22.4. The average molecular weight is 688 g/mol. The minimum atomic E-state index is -0.590. The van der Waals surface area contributed by atoms with Crippen LogP contribution in [0.3, 0.4) is 0 Å². The molecule has 0 radical (unpaired) electrons. The van der Waals surface area contributed by atoms with Crippen LogP contribution in [0.4, 0.5) is 0 Å². The lowest BCUT2D eigenvalue weighted by molar-refractivity contribution is -0.135. The van der Waals surface area contributed by atoms with E-state index >= 15 is 0 Å². The molecule has 0 aromatic heterocycles. The molecule has 0 aromatic rings. The van der Waals surface area contributed by atoms with E-state index in [0.29, 0.717) is 79.2 Å². The molecule has 0 bridgehead atoms. The van der Waals surface area contributed by atoms with E-state index in [9.17, 15) is 9.59 Å². The summed E-state index contributed by atoms with van der Waals surface area (Å²) in [5.41, 5.74) is -2.02. The van der Waals surface area contributed by atoms with Crippen molar-refractivity contribution in [3.05, 3.63) is 0 Å². The van der Waals surface area contributed by atoms with Crippen LogP contribution >= 0.6 is 32.3 Å². The molecule has 2 saturated heterocycles. The van der Waals surface area contributed by atoms with Crippen molar-refractivity contribution < 1.29 is 33.3 Å². The molecule has 39 heavy (non-hydrogen) atoms. The van der Waals surface area contributed by atoms with Gasteiger partial charge in [-0.05, 0) is 55.4 Å². The van der Waals surface area contributed by atoms with Crippen molar-refractivity contribution >= 4 is 44.1 Å². The third-order valence-electron chi connectivity index (χ3n) is 7.21. The van der Waals surface area contributed by atoms with Crippen LogP contribution < -0.4 is 0 Å². The Bertz CT molecular complexity index is 749. The maximum atomic E-state index is 12.7. The number of hydrogen-bond acceptors (Lipinski definition) is 9. The van der Waals surface area contributed by atoms with E-state index in [1.54, 1.807) is 0 Å². The van der Waals surface area contributed by atoms with Crippen LogP contribution in [0.15, 0.2) is 0 Å². The van der Waals surface area contributed by atoms with Crippen molar-refractivity contribution in [1.29, 1.82) is 0 Å². The van der Waals surface area contributed by atoms with E-state index in [1.165, 1.54) is 0 Å². The van der Waals surface area contributed by atoms with Gasteiger partial charge in [0, 0.05) is 45.4 Å². The summed E-state index contributed by atoms with van der Waals surface area (Å²) in [7, 11) is 0. The summed E-state index contributed by atoms with van der Waals surface area (Å²) in [6.07, 6.45) is 0. The minimum absolute atomic E-state index is 0.0769. The lowest BCUT2D eigenvalue weighted by atomic mass is 10.1. The molecule has 2 amide bonds. The van der Waals surface area contributed by atoms with Crippen LogP contribution in [-0.2, 0) is 33.3 Å². The van der Waals surface area contributed by atoms with Crippen LogP contribution in [0.1, 0.15) is 55.4 Å². The third kappa shape index (κ3) is 8.35. The highest BCUT2D eigenvalue weighted by Gasteiger charge is 2.56. The van der Waals surface area contributed by atoms with Gasteiger partial charge in [0.05, 0.1) is 66.1 Å². The van der Waals surface area contributed by atoms with Crippen molar-refractivity contribution in [1.82, 2.24) is 17.7 Å². The monoisotopic (exact) mass is 686 g/mol. The van der Waals surface area contributed by atoms with Crippen LogP contribution in [0.2, 0.25) is 0 Å². The minimum Gasteiger partial charge on any atom is -0.377 e. The number of rotatable bonds is 18. The largest absolute Gasteiger partial charge is 0.377 e. The average Bonchev–Trinajstić information content (AvgIpc) is 3.05. The molecular formula is C26H48Br2N4O7. The molecule has 2 heterocycles. The smallest absolute Gasteiger partial charge is 0.245 e. The van der Waals surface area contributed by atoms with Crippen molar-refractivity contribution in [2.75, 3.05) is 79.2 Å². The van der Waals surface area contributed by atoms with Gasteiger partial charge in [0.1, 0.15) is 22.4 Å². The van der Waals surface area contributed by atoms with Gasteiger partial charge >= 0.3 is 0 Å². The fraction of sp³-hybridized carbons (Fsp3) is 0.923. The van der Waals surface area contributed by atoms with Gasteiger partial charge in [-0.25, -0.2) is 7.85 Å². The van der Waals surface area contributed by atoms with Crippen LogP contribution in [0.5, 0.6) is 0 Å². The van der Waals surface area contributed by atoms with Crippen LogP contribution in [0, 0.1) is 0 Å². The Morgan fingerprint density at radius 1 is 0.487 bits per heavy atom. The Balaban J connectivity index is 1.39. The van der Waals surface area contributed by atoms with Crippen molar-refractivity contribution in [2.24, 2.45) is 0 Å². The van der Waals surface area contributed by atoms with Gasteiger partial charge in [-0.2, -0.15) is 0 Å². The molecule has 2 rings (SSSR count). The number of nitrogens with zero attached hydrogens (tertiary/aromatic N) is 4. The zero-order valence-corrected chi connectivity index (χ0v) is 28.1. The zero-order valence-electron chi connectivity index (χ0n) is 24.9. The summed E-state index contributed by atoms with van der Waals surface area (Å²) in [4.78, 5) is 29.0. The Morgan fingerprint density at radius 3 is 0.923 bits per heavy atom. The number of hydrogen-bond donors (Lipinski definition) is 0. The SMILES string of the molecule is CC1(C)C(=O)N(CCOCCOCCOCCOCCOCCN2C(=O)C(C)(C)N(Br)C2(C)C)C(C)(C)N1Br. The number of halogens is 2. The van der Waals surface area contributed by atoms with Crippen molar-refractivity contribution in [2.45, 2.75) is 77.8 Å². The second-order valence-corrected chi connectivity index (χ2v) is 13.1. The fourth-order valence-electron chi connectivity index (χ4n) is 4.95. The zero-order chi connectivity index (χ0) is 29.5. The Labute approximate surface area is 251 Å². The molecule has 0 N–H and O–H groups in total. The van der Waals surface area contributed by atoms with E-state index in [-0.39, 0.29) is 11.8 Å². The topological polar surface area (TPSA) is 93.2 Å². The van der Waals surface area contributed by atoms with Gasteiger partial charge in [-0.15, -0.1) is 0 Å². The Hall–Kier alpha value is -0.380.